The maximum absolute atomic E-state index is 12.3. The van der Waals surface area contributed by atoms with Gasteiger partial charge < -0.3 is 23.4 Å². The Bertz CT molecular complexity index is 1840. The van der Waals surface area contributed by atoms with Crippen molar-refractivity contribution in [2.45, 2.75) is 19.6 Å². The smallest absolute Gasteiger partial charge is 0.339 e. The molecule has 0 saturated carbocycles. The molecule has 224 valence electrons. The number of benzene rings is 3. The number of nitrogens with zero attached hydrogens (tertiary/aromatic N) is 3. The summed E-state index contributed by atoms with van der Waals surface area (Å²) in [5, 5.41) is 9.09. The summed E-state index contributed by atoms with van der Waals surface area (Å²) >= 11 is 0. The summed E-state index contributed by atoms with van der Waals surface area (Å²) in [4.78, 5) is 24.1. The molecule has 5 aromatic rings. The molecule has 0 bridgehead atoms. The summed E-state index contributed by atoms with van der Waals surface area (Å²) in [6.45, 7) is 1.16. The number of para-hydroxylation sites is 1. The highest BCUT2D eigenvalue weighted by atomic mass is 16.5. The van der Waals surface area contributed by atoms with E-state index in [4.69, 9.17) is 23.4 Å². The predicted octanol–water partition coefficient (Wildman–Crippen LogP) is 5.75. The lowest BCUT2D eigenvalue weighted by Crippen LogP contribution is -2.07. The van der Waals surface area contributed by atoms with Gasteiger partial charge in [0.1, 0.15) is 29.4 Å². The van der Waals surface area contributed by atoms with Crippen LogP contribution in [0.1, 0.15) is 23.2 Å². The molecule has 10 heteroatoms. The zero-order chi connectivity index (χ0) is 30.7. The van der Waals surface area contributed by atoms with E-state index < -0.39 is 5.63 Å². The number of rotatable bonds is 14. The summed E-state index contributed by atoms with van der Waals surface area (Å²) in [7, 11) is 3.17. The number of ketones is 1. The minimum atomic E-state index is -0.452. The van der Waals surface area contributed by atoms with Crippen LogP contribution in [0.4, 0.5) is 0 Å². The molecule has 0 radical (unpaired) electrons. The van der Waals surface area contributed by atoms with Crippen LogP contribution in [0.5, 0.6) is 23.0 Å². The van der Waals surface area contributed by atoms with Crippen LogP contribution in [0.3, 0.4) is 0 Å². The number of carbonyl (C=O) groups excluding carboxylic acids is 1. The Kier molecular flexibility index (Phi) is 9.83. The van der Waals surface area contributed by atoms with Crippen LogP contribution in [-0.4, -0.2) is 41.6 Å². The van der Waals surface area contributed by atoms with E-state index in [9.17, 15) is 9.59 Å². The first kappa shape index (κ1) is 29.8. The number of aromatic nitrogens is 3. The topological polar surface area (TPSA) is 115 Å². The number of methoxy groups -OCH3 is 2. The Morgan fingerprint density at radius 3 is 2.43 bits per heavy atom. The SMILES string of the molecule is COc1ccc(/C=C/C(=O)/C=C/c2ccc(OCc3cn(CCCOc4cc(=O)oc5ccccc45)nn3)c(OC)c2)cc1. The van der Waals surface area contributed by atoms with E-state index in [1.165, 1.54) is 18.2 Å². The van der Waals surface area contributed by atoms with Gasteiger partial charge in [0.2, 0.25) is 0 Å². The zero-order valence-electron chi connectivity index (χ0n) is 24.3. The molecular weight excluding hydrogens is 562 g/mol. The molecule has 44 heavy (non-hydrogen) atoms. The third-order valence-corrected chi connectivity index (χ3v) is 6.55. The van der Waals surface area contributed by atoms with Crippen LogP contribution in [0, 0.1) is 0 Å². The minimum absolute atomic E-state index is 0.143. The molecule has 0 aliphatic rings. The maximum atomic E-state index is 12.3. The van der Waals surface area contributed by atoms with Gasteiger partial charge in [0.25, 0.3) is 0 Å². The number of ether oxygens (including phenoxy) is 4. The van der Waals surface area contributed by atoms with Gasteiger partial charge in [-0.2, -0.15) is 0 Å². The molecule has 0 aliphatic carbocycles. The van der Waals surface area contributed by atoms with Gasteiger partial charge in [0, 0.05) is 13.0 Å². The number of carbonyl (C=O) groups is 1. The fourth-order valence-electron chi connectivity index (χ4n) is 4.31. The first-order valence-corrected chi connectivity index (χ1v) is 13.9. The Hall–Kier alpha value is -5.64. The largest absolute Gasteiger partial charge is 0.497 e. The molecule has 0 saturated heterocycles. The Morgan fingerprint density at radius 2 is 1.64 bits per heavy atom. The van der Waals surface area contributed by atoms with Crippen LogP contribution in [0.25, 0.3) is 23.1 Å². The van der Waals surface area contributed by atoms with Crippen molar-refractivity contribution in [3.05, 3.63) is 118 Å². The van der Waals surface area contributed by atoms with Crippen LogP contribution < -0.4 is 24.6 Å². The van der Waals surface area contributed by atoms with E-state index in [-0.39, 0.29) is 12.4 Å². The third kappa shape index (κ3) is 8.01. The number of allylic oxidation sites excluding steroid dienone is 2. The molecule has 0 amide bonds. The minimum Gasteiger partial charge on any atom is -0.497 e. The Morgan fingerprint density at radius 1 is 0.864 bits per heavy atom. The first-order chi connectivity index (χ1) is 21.5. The van der Waals surface area contributed by atoms with Gasteiger partial charge in [-0.1, -0.05) is 47.7 Å². The van der Waals surface area contributed by atoms with Gasteiger partial charge in [-0.25, -0.2) is 4.79 Å². The molecule has 0 aliphatic heterocycles. The fraction of sp³-hybridized carbons (Fsp3) is 0.176. The van der Waals surface area contributed by atoms with E-state index in [1.807, 2.05) is 42.5 Å². The van der Waals surface area contributed by atoms with Crippen molar-refractivity contribution in [3.63, 3.8) is 0 Å². The highest BCUT2D eigenvalue weighted by Gasteiger charge is 2.09. The molecule has 2 heterocycles. The molecule has 0 atom stereocenters. The quantitative estimate of drug-likeness (QED) is 0.0902. The van der Waals surface area contributed by atoms with Crippen LogP contribution in [-0.2, 0) is 17.9 Å². The van der Waals surface area contributed by atoms with Gasteiger partial charge in [0.15, 0.2) is 17.3 Å². The van der Waals surface area contributed by atoms with Crippen molar-refractivity contribution >= 4 is 28.9 Å². The maximum Gasteiger partial charge on any atom is 0.339 e. The average molecular weight is 594 g/mol. The van der Waals surface area contributed by atoms with E-state index in [1.54, 1.807) is 61.5 Å². The van der Waals surface area contributed by atoms with Gasteiger partial charge in [0.05, 0.1) is 38.5 Å². The lowest BCUT2D eigenvalue weighted by atomic mass is 10.1. The normalized spacial score (nSPS) is 11.3. The summed E-state index contributed by atoms with van der Waals surface area (Å²) in [5.74, 6) is 2.18. The zero-order valence-corrected chi connectivity index (χ0v) is 24.3. The monoisotopic (exact) mass is 593 g/mol. The predicted molar refractivity (Wildman–Crippen MR) is 166 cm³/mol. The Balaban J connectivity index is 1.10. The van der Waals surface area contributed by atoms with Crippen molar-refractivity contribution in [2.75, 3.05) is 20.8 Å². The van der Waals surface area contributed by atoms with E-state index in [0.717, 1.165) is 22.3 Å². The van der Waals surface area contributed by atoms with Crippen LogP contribution >= 0.6 is 0 Å². The van der Waals surface area contributed by atoms with E-state index in [2.05, 4.69) is 10.3 Å². The molecule has 2 aromatic heterocycles. The van der Waals surface area contributed by atoms with Gasteiger partial charge in [-0.05, 0) is 59.7 Å². The van der Waals surface area contributed by atoms with Crippen molar-refractivity contribution in [1.29, 1.82) is 0 Å². The van der Waals surface area contributed by atoms with E-state index in [0.29, 0.717) is 48.1 Å². The molecule has 5 rings (SSSR count). The van der Waals surface area contributed by atoms with E-state index >= 15 is 0 Å². The lowest BCUT2D eigenvalue weighted by Gasteiger charge is -2.10. The molecule has 0 spiro atoms. The molecule has 10 nitrogen and oxygen atoms in total. The molecule has 0 N–H and O–H groups in total. The molecular formula is C34H31N3O7. The highest BCUT2D eigenvalue weighted by molar-refractivity contribution is 6.04. The van der Waals surface area contributed by atoms with Gasteiger partial charge >= 0.3 is 5.63 Å². The Labute approximate surface area is 253 Å². The summed E-state index contributed by atoms with van der Waals surface area (Å²) < 4.78 is 29.3. The highest BCUT2D eigenvalue weighted by Crippen LogP contribution is 2.29. The summed E-state index contributed by atoms with van der Waals surface area (Å²) in [5.41, 5.74) is 2.38. The number of aryl methyl sites for hydroxylation is 1. The summed E-state index contributed by atoms with van der Waals surface area (Å²) in [6.07, 6.45) is 8.94. The molecule has 0 unspecified atom stereocenters. The summed E-state index contributed by atoms with van der Waals surface area (Å²) in [6, 6.07) is 21.5. The number of fused-ring (bicyclic) bond motifs is 1. The fourth-order valence-corrected chi connectivity index (χ4v) is 4.31. The van der Waals surface area contributed by atoms with Crippen molar-refractivity contribution < 1.29 is 28.2 Å². The number of hydrogen-bond donors (Lipinski definition) is 0. The van der Waals surface area contributed by atoms with Crippen molar-refractivity contribution in [3.8, 4) is 23.0 Å². The second-order valence-corrected chi connectivity index (χ2v) is 9.64. The third-order valence-electron chi connectivity index (χ3n) is 6.55. The second-order valence-electron chi connectivity index (χ2n) is 9.64. The average Bonchev–Trinajstić information content (AvgIpc) is 3.51. The van der Waals surface area contributed by atoms with Crippen molar-refractivity contribution in [2.24, 2.45) is 0 Å². The molecule has 3 aromatic carbocycles. The standard InChI is InChI=1S/C34H31N3O7/c1-40-28-15-10-24(11-16-28)8-13-27(38)14-9-25-12-17-31(33(20-25)41-2)43-23-26-22-37(36-35-26)18-5-19-42-32-21-34(39)44-30-7-4-3-6-29(30)32/h3-4,6-17,20-22H,5,18-19,23H2,1-2H3/b13-8+,14-9+. The number of hydrogen-bond acceptors (Lipinski definition) is 9. The van der Waals surface area contributed by atoms with Crippen LogP contribution in [0.15, 0.2) is 100 Å². The van der Waals surface area contributed by atoms with Gasteiger partial charge in [-0.3, -0.25) is 9.48 Å². The van der Waals surface area contributed by atoms with Crippen LogP contribution in [0.2, 0.25) is 0 Å². The second kappa shape index (κ2) is 14.5. The van der Waals surface area contributed by atoms with Crippen molar-refractivity contribution in [1.82, 2.24) is 15.0 Å². The lowest BCUT2D eigenvalue weighted by molar-refractivity contribution is -0.110. The molecule has 0 fully saturated rings. The first-order valence-electron chi connectivity index (χ1n) is 13.9. The van der Waals surface area contributed by atoms with Gasteiger partial charge in [-0.15, -0.1) is 5.10 Å².